The lowest BCUT2D eigenvalue weighted by Crippen LogP contribution is -2.33. The maximum absolute atomic E-state index is 12.4. The van der Waals surface area contributed by atoms with Gasteiger partial charge in [0.1, 0.15) is 0 Å². The highest BCUT2D eigenvalue weighted by molar-refractivity contribution is 5.86. The number of amides is 1. The minimum Gasteiger partial charge on any atom is -0.341 e. The summed E-state index contributed by atoms with van der Waals surface area (Å²) >= 11 is 0. The molecule has 3 nitrogen and oxygen atoms in total. The number of fused-ring (bicyclic) bond motifs is 1. The lowest BCUT2D eigenvalue weighted by atomic mass is 10.0. The first-order valence-electron chi connectivity index (χ1n) is 7.18. The minimum absolute atomic E-state index is 0. The van der Waals surface area contributed by atoms with E-state index in [9.17, 15) is 4.79 Å². The molecule has 1 saturated heterocycles. The molecule has 21 heavy (non-hydrogen) atoms. The van der Waals surface area contributed by atoms with E-state index in [2.05, 4.69) is 41.7 Å². The van der Waals surface area contributed by atoms with Crippen LogP contribution in [0.25, 0.3) is 10.8 Å². The first-order valence-corrected chi connectivity index (χ1v) is 7.18. The number of nitrogens with zero attached hydrogens (tertiary/aromatic N) is 1. The van der Waals surface area contributed by atoms with Gasteiger partial charge in [-0.1, -0.05) is 42.5 Å². The van der Waals surface area contributed by atoms with E-state index in [1.807, 2.05) is 18.0 Å². The molecule has 1 unspecified atom stereocenters. The fourth-order valence-corrected chi connectivity index (χ4v) is 2.94. The second-order valence-corrected chi connectivity index (χ2v) is 5.52. The molecule has 1 aliphatic rings. The Bertz CT molecular complexity index is 618. The Kier molecular flexibility index (Phi) is 5.21. The van der Waals surface area contributed by atoms with Gasteiger partial charge in [0.15, 0.2) is 0 Å². The topological polar surface area (TPSA) is 32.3 Å². The number of halogens is 1. The fourth-order valence-electron chi connectivity index (χ4n) is 2.94. The van der Waals surface area contributed by atoms with Crippen molar-refractivity contribution < 1.29 is 4.79 Å². The lowest BCUT2D eigenvalue weighted by molar-refractivity contribution is -0.134. The number of hydrogen-bond donors (Lipinski definition) is 1. The van der Waals surface area contributed by atoms with Gasteiger partial charge in [-0.2, -0.15) is 0 Å². The van der Waals surface area contributed by atoms with Crippen LogP contribution < -0.4 is 5.32 Å². The Morgan fingerprint density at radius 2 is 2.00 bits per heavy atom. The number of carbonyl (C=O) groups is 1. The van der Waals surface area contributed by atoms with Crippen molar-refractivity contribution in [1.29, 1.82) is 0 Å². The van der Waals surface area contributed by atoms with E-state index in [1.165, 1.54) is 16.3 Å². The van der Waals surface area contributed by atoms with Crippen molar-refractivity contribution in [3.8, 4) is 0 Å². The summed E-state index contributed by atoms with van der Waals surface area (Å²) in [7, 11) is 1.91. The van der Waals surface area contributed by atoms with Gasteiger partial charge in [0.25, 0.3) is 0 Å². The van der Waals surface area contributed by atoms with Crippen molar-refractivity contribution >= 4 is 29.1 Å². The van der Waals surface area contributed by atoms with Crippen LogP contribution in [0.5, 0.6) is 0 Å². The Morgan fingerprint density at radius 1 is 1.24 bits per heavy atom. The smallest absolute Gasteiger partial charge is 0.227 e. The molecular formula is C17H21ClN2O. The van der Waals surface area contributed by atoms with Gasteiger partial charge in [-0.15, -0.1) is 12.4 Å². The number of hydrogen-bond acceptors (Lipinski definition) is 2. The van der Waals surface area contributed by atoms with Gasteiger partial charge in [-0.3, -0.25) is 4.79 Å². The van der Waals surface area contributed by atoms with Crippen LogP contribution >= 0.6 is 12.4 Å². The van der Waals surface area contributed by atoms with E-state index < -0.39 is 0 Å². The SMILES string of the molecule is CN(Cc1cccc2ccccc12)C(=O)C1CCNC1.Cl. The highest BCUT2D eigenvalue weighted by Crippen LogP contribution is 2.20. The molecule has 0 spiro atoms. The van der Waals surface area contributed by atoms with E-state index in [1.54, 1.807) is 0 Å². The van der Waals surface area contributed by atoms with Crippen molar-refractivity contribution in [2.75, 3.05) is 20.1 Å². The molecule has 0 radical (unpaired) electrons. The molecule has 112 valence electrons. The van der Waals surface area contributed by atoms with Crippen LogP contribution in [0.1, 0.15) is 12.0 Å². The van der Waals surface area contributed by atoms with Crippen molar-refractivity contribution in [2.24, 2.45) is 5.92 Å². The number of nitrogens with one attached hydrogen (secondary N) is 1. The van der Waals surface area contributed by atoms with Gasteiger partial charge < -0.3 is 10.2 Å². The third kappa shape index (κ3) is 3.36. The van der Waals surface area contributed by atoms with E-state index in [0.29, 0.717) is 6.54 Å². The van der Waals surface area contributed by atoms with Crippen LogP contribution in [0.4, 0.5) is 0 Å². The molecule has 1 fully saturated rings. The van der Waals surface area contributed by atoms with Crippen LogP contribution in [-0.4, -0.2) is 30.9 Å². The lowest BCUT2D eigenvalue weighted by Gasteiger charge is -2.21. The molecule has 4 heteroatoms. The summed E-state index contributed by atoms with van der Waals surface area (Å²) in [6, 6.07) is 14.6. The van der Waals surface area contributed by atoms with Gasteiger partial charge in [0.2, 0.25) is 5.91 Å². The summed E-state index contributed by atoms with van der Waals surface area (Å²) < 4.78 is 0. The Balaban J connectivity index is 0.00000161. The Hall–Kier alpha value is -1.58. The van der Waals surface area contributed by atoms with Crippen molar-refractivity contribution in [2.45, 2.75) is 13.0 Å². The van der Waals surface area contributed by atoms with Gasteiger partial charge in [-0.05, 0) is 29.3 Å². The van der Waals surface area contributed by atoms with Crippen LogP contribution in [0.2, 0.25) is 0 Å². The van der Waals surface area contributed by atoms with Crippen LogP contribution in [0.3, 0.4) is 0 Å². The third-order valence-corrected chi connectivity index (χ3v) is 4.07. The molecule has 1 N–H and O–H groups in total. The van der Waals surface area contributed by atoms with Crippen LogP contribution in [0, 0.1) is 5.92 Å². The zero-order valence-electron chi connectivity index (χ0n) is 12.2. The maximum atomic E-state index is 12.4. The highest BCUT2D eigenvalue weighted by atomic mass is 35.5. The summed E-state index contributed by atoms with van der Waals surface area (Å²) in [5.74, 6) is 0.401. The zero-order valence-corrected chi connectivity index (χ0v) is 13.0. The molecule has 3 rings (SSSR count). The predicted molar refractivity (Wildman–Crippen MR) is 88.6 cm³/mol. The predicted octanol–water partition coefficient (Wildman–Crippen LogP) is 2.83. The quantitative estimate of drug-likeness (QED) is 0.946. The highest BCUT2D eigenvalue weighted by Gasteiger charge is 2.25. The van der Waals surface area contributed by atoms with Gasteiger partial charge in [0.05, 0.1) is 5.92 Å². The van der Waals surface area contributed by atoms with Crippen molar-refractivity contribution in [3.63, 3.8) is 0 Å². The molecule has 0 aliphatic carbocycles. The van der Waals surface area contributed by atoms with Crippen LogP contribution in [0.15, 0.2) is 42.5 Å². The van der Waals surface area contributed by atoms with Gasteiger partial charge in [0, 0.05) is 20.1 Å². The van der Waals surface area contributed by atoms with Crippen LogP contribution in [-0.2, 0) is 11.3 Å². The van der Waals surface area contributed by atoms with Gasteiger partial charge in [-0.25, -0.2) is 0 Å². The molecule has 2 aromatic carbocycles. The Labute approximate surface area is 131 Å². The molecule has 0 aromatic heterocycles. The second kappa shape index (κ2) is 6.92. The number of benzene rings is 2. The summed E-state index contributed by atoms with van der Waals surface area (Å²) in [6.45, 7) is 2.45. The van der Waals surface area contributed by atoms with E-state index in [4.69, 9.17) is 0 Å². The second-order valence-electron chi connectivity index (χ2n) is 5.52. The number of carbonyl (C=O) groups excluding carboxylic acids is 1. The fraction of sp³-hybridized carbons (Fsp3) is 0.353. The Morgan fingerprint density at radius 3 is 2.76 bits per heavy atom. The number of rotatable bonds is 3. The minimum atomic E-state index is 0. The van der Waals surface area contributed by atoms with E-state index in [-0.39, 0.29) is 24.2 Å². The first kappa shape index (κ1) is 15.8. The monoisotopic (exact) mass is 304 g/mol. The molecule has 0 bridgehead atoms. The van der Waals surface area contributed by atoms with Crippen molar-refractivity contribution in [1.82, 2.24) is 10.2 Å². The summed E-state index contributed by atoms with van der Waals surface area (Å²) in [5, 5.41) is 5.72. The summed E-state index contributed by atoms with van der Waals surface area (Å²) in [6.07, 6.45) is 0.957. The molecule has 0 saturated carbocycles. The average Bonchev–Trinajstić information content (AvgIpc) is 3.01. The van der Waals surface area contributed by atoms with E-state index in [0.717, 1.165) is 19.5 Å². The summed E-state index contributed by atoms with van der Waals surface area (Å²) in [5.41, 5.74) is 1.21. The summed E-state index contributed by atoms with van der Waals surface area (Å²) in [4.78, 5) is 14.2. The largest absolute Gasteiger partial charge is 0.341 e. The maximum Gasteiger partial charge on any atom is 0.227 e. The average molecular weight is 305 g/mol. The molecule has 1 atom stereocenters. The standard InChI is InChI=1S/C17H20N2O.ClH/c1-19(17(20)14-9-10-18-11-14)12-15-7-4-6-13-5-2-3-8-16(13)15;/h2-8,14,18H,9-12H2,1H3;1H. The first-order chi connectivity index (χ1) is 9.75. The van der Waals surface area contributed by atoms with Crippen molar-refractivity contribution in [3.05, 3.63) is 48.0 Å². The molecule has 1 heterocycles. The van der Waals surface area contributed by atoms with E-state index >= 15 is 0 Å². The zero-order chi connectivity index (χ0) is 13.9. The third-order valence-electron chi connectivity index (χ3n) is 4.07. The molecule has 1 aliphatic heterocycles. The van der Waals surface area contributed by atoms with Gasteiger partial charge >= 0.3 is 0 Å². The molecular weight excluding hydrogens is 284 g/mol. The normalized spacial score (nSPS) is 17.5. The molecule has 2 aromatic rings. The molecule has 1 amide bonds.